The van der Waals surface area contributed by atoms with Crippen LogP contribution in [-0.4, -0.2) is 33.5 Å². The zero-order valence-corrected chi connectivity index (χ0v) is 10.5. The van der Waals surface area contributed by atoms with Gasteiger partial charge >= 0.3 is 0 Å². The molecule has 0 radical (unpaired) electrons. The average molecular weight is 252 g/mol. The van der Waals surface area contributed by atoms with Crippen molar-refractivity contribution in [3.8, 4) is 5.75 Å². The summed E-state index contributed by atoms with van der Waals surface area (Å²) in [4.78, 5) is 15.7. The van der Waals surface area contributed by atoms with Gasteiger partial charge in [0.25, 0.3) is 5.91 Å². The van der Waals surface area contributed by atoms with Crippen LogP contribution in [0.5, 0.6) is 5.75 Å². The Labute approximate surface area is 105 Å². The Hall–Kier alpha value is -1.23. The van der Waals surface area contributed by atoms with Crippen molar-refractivity contribution >= 4 is 17.7 Å². The van der Waals surface area contributed by atoms with E-state index in [4.69, 9.17) is 0 Å². The third-order valence-electron chi connectivity index (χ3n) is 3.06. The van der Waals surface area contributed by atoms with Crippen molar-refractivity contribution in [2.75, 3.05) is 6.26 Å². The standard InChI is InChI=1S/C12H16N2O2S/c1-17-11-4-2-3-10(11)14-12(16)8-5-9(15)7-13-6-8/h5-7,10-11,15H,2-4H2,1H3,(H,14,16). The molecule has 1 aliphatic carbocycles. The van der Waals surface area contributed by atoms with Crippen LogP contribution in [0, 0.1) is 0 Å². The quantitative estimate of drug-likeness (QED) is 0.861. The number of nitrogens with one attached hydrogen (secondary N) is 1. The second-order valence-corrected chi connectivity index (χ2v) is 5.29. The molecule has 2 unspecified atom stereocenters. The third-order valence-corrected chi connectivity index (χ3v) is 4.23. The van der Waals surface area contributed by atoms with Crippen molar-refractivity contribution < 1.29 is 9.90 Å². The highest BCUT2D eigenvalue weighted by Gasteiger charge is 2.28. The largest absolute Gasteiger partial charge is 0.506 e. The molecule has 0 bridgehead atoms. The van der Waals surface area contributed by atoms with Gasteiger partial charge in [-0.1, -0.05) is 6.42 Å². The highest BCUT2D eigenvalue weighted by Crippen LogP contribution is 2.28. The molecule has 2 N–H and O–H groups in total. The molecule has 5 heteroatoms. The van der Waals surface area contributed by atoms with Gasteiger partial charge < -0.3 is 10.4 Å². The van der Waals surface area contributed by atoms with Gasteiger partial charge in [0.2, 0.25) is 0 Å². The summed E-state index contributed by atoms with van der Waals surface area (Å²) in [5.41, 5.74) is 0.414. The molecule has 17 heavy (non-hydrogen) atoms. The minimum atomic E-state index is -0.153. The van der Waals surface area contributed by atoms with Gasteiger partial charge in [0, 0.05) is 17.5 Å². The molecular weight excluding hydrogens is 236 g/mol. The van der Waals surface area contributed by atoms with Crippen molar-refractivity contribution in [1.29, 1.82) is 0 Å². The minimum absolute atomic E-state index is 0.0190. The first-order valence-electron chi connectivity index (χ1n) is 5.68. The van der Waals surface area contributed by atoms with E-state index < -0.39 is 0 Å². The Kier molecular flexibility index (Phi) is 3.89. The second-order valence-electron chi connectivity index (χ2n) is 4.22. The lowest BCUT2D eigenvalue weighted by molar-refractivity contribution is 0.0938. The molecule has 0 saturated heterocycles. The number of aromatic hydroxyl groups is 1. The zero-order chi connectivity index (χ0) is 12.3. The molecule has 1 amide bonds. The second kappa shape index (κ2) is 5.40. The molecule has 92 valence electrons. The van der Waals surface area contributed by atoms with E-state index in [0.717, 1.165) is 19.3 Å². The lowest BCUT2D eigenvalue weighted by Gasteiger charge is -2.19. The van der Waals surface area contributed by atoms with E-state index in [2.05, 4.69) is 16.6 Å². The Balaban J connectivity index is 2.01. The van der Waals surface area contributed by atoms with Gasteiger partial charge in [0.05, 0.1) is 11.8 Å². The van der Waals surface area contributed by atoms with Crippen molar-refractivity contribution in [3.05, 3.63) is 24.0 Å². The molecule has 1 aromatic heterocycles. The van der Waals surface area contributed by atoms with Crippen LogP contribution < -0.4 is 5.32 Å². The van der Waals surface area contributed by atoms with E-state index >= 15 is 0 Å². The summed E-state index contributed by atoms with van der Waals surface area (Å²) >= 11 is 1.80. The molecule has 2 rings (SSSR count). The van der Waals surface area contributed by atoms with Gasteiger partial charge in [-0.15, -0.1) is 0 Å². The molecule has 1 saturated carbocycles. The van der Waals surface area contributed by atoms with Gasteiger partial charge in [-0.2, -0.15) is 11.8 Å². The predicted molar refractivity (Wildman–Crippen MR) is 68.3 cm³/mol. The average Bonchev–Trinajstić information content (AvgIpc) is 2.76. The highest BCUT2D eigenvalue weighted by atomic mass is 32.2. The number of nitrogens with zero attached hydrogens (tertiary/aromatic N) is 1. The summed E-state index contributed by atoms with van der Waals surface area (Å²) < 4.78 is 0. The van der Waals surface area contributed by atoms with E-state index in [1.54, 1.807) is 11.8 Å². The molecule has 0 aliphatic heterocycles. The minimum Gasteiger partial charge on any atom is -0.506 e. The van der Waals surface area contributed by atoms with Crippen LogP contribution in [0.15, 0.2) is 18.5 Å². The van der Waals surface area contributed by atoms with E-state index in [-0.39, 0.29) is 17.7 Å². The van der Waals surface area contributed by atoms with Gasteiger partial charge in [-0.05, 0) is 25.2 Å². The van der Waals surface area contributed by atoms with Gasteiger partial charge in [-0.25, -0.2) is 0 Å². The van der Waals surface area contributed by atoms with Gasteiger partial charge in [0.1, 0.15) is 5.75 Å². The molecule has 0 spiro atoms. The zero-order valence-electron chi connectivity index (χ0n) is 9.72. The Morgan fingerprint density at radius 2 is 2.35 bits per heavy atom. The monoisotopic (exact) mass is 252 g/mol. The molecule has 2 atom stereocenters. The normalized spacial score (nSPS) is 23.6. The predicted octanol–water partition coefficient (Wildman–Crippen LogP) is 1.80. The number of aromatic nitrogens is 1. The van der Waals surface area contributed by atoms with Crippen molar-refractivity contribution in [2.45, 2.75) is 30.6 Å². The van der Waals surface area contributed by atoms with Gasteiger partial charge in [0.15, 0.2) is 0 Å². The summed E-state index contributed by atoms with van der Waals surface area (Å²) in [5.74, 6) is -0.134. The Bertz CT molecular complexity index is 411. The molecule has 4 nitrogen and oxygen atoms in total. The highest BCUT2D eigenvalue weighted by molar-refractivity contribution is 7.99. The maximum Gasteiger partial charge on any atom is 0.253 e. The molecular formula is C12H16N2O2S. The molecule has 1 aromatic rings. The van der Waals surface area contributed by atoms with Crippen LogP contribution in [0.1, 0.15) is 29.6 Å². The topological polar surface area (TPSA) is 62.2 Å². The summed E-state index contributed by atoms with van der Waals surface area (Å²) in [7, 11) is 0. The summed E-state index contributed by atoms with van der Waals surface area (Å²) in [5, 5.41) is 12.8. The van der Waals surface area contributed by atoms with Crippen LogP contribution in [0.4, 0.5) is 0 Å². The van der Waals surface area contributed by atoms with Crippen molar-refractivity contribution in [2.24, 2.45) is 0 Å². The summed E-state index contributed by atoms with van der Waals surface area (Å²) in [6.45, 7) is 0. The molecule has 1 heterocycles. The number of pyridine rings is 1. The first kappa shape index (κ1) is 12.2. The number of carbonyl (C=O) groups is 1. The first-order chi connectivity index (χ1) is 8.20. The SMILES string of the molecule is CSC1CCCC1NC(=O)c1cncc(O)c1. The maximum absolute atomic E-state index is 11.9. The first-order valence-corrected chi connectivity index (χ1v) is 6.97. The lowest BCUT2D eigenvalue weighted by atomic mass is 10.2. The fourth-order valence-electron chi connectivity index (χ4n) is 2.18. The number of thioether (sulfide) groups is 1. The van der Waals surface area contributed by atoms with Crippen molar-refractivity contribution in [1.82, 2.24) is 10.3 Å². The number of hydrogen-bond acceptors (Lipinski definition) is 4. The number of carbonyl (C=O) groups excluding carboxylic acids is 1. The third kappa shape index (κ3) is 2.91. The fraction of sp³-hybridized carbons (Fsp3) is 0.500. The number of rotatable bonds is 3. The smallest absolute Gasteiger partial charge is 0.253 e. The van der Waals surface area contributed by atoms with Crippen LogP contribution in [-0.2, 0) is 0 Å². The fourth-order valence-corrected chi connectivity index (χ4v) is 3.11. The molecule has 1 fully saturated rings. The number of amides is 1. The number of hydrogen-bond donors (Lipinski definition) is 2. The molecule has 1 aliphatic rings. The Morgan fingerprint density at radius 1 is 1.53 bits per heavy atom. The van der Waals surface area contributed by atoms with Gasteiger partial charge in [-0.3, -0.25) is 9.78 Å². The van der Waals surface area contributed by atoms with Crippen molar-refractivity contribution in [3.63, 3.8) is 0 Å². The van der Waals surface area contributed by atoms with E-state index in [0.29, 0.717) is 10.8 Å². The summed E-state index contributed by atoms with van der Waals surface area (Å²) in [6, 6.07) is 1.67. The van der Waals surface area contributed by atoms with Crippen LogP contribution in [0.3, 0.4) is 0 Å². The van der Waals surface area contributed by atoms with Crippen LogP contribution in [0.25, 0.3) is 0 Å². The van der Waals surface area contributed by atoms with E-state index in [1.807, 2.05) is 0 Å². The maximum atomic E-state index is 11.9. The van der Waals surface area contributed by atoms with E-state index in [9.17, 15) is 9.90 Å². The summed E-state index contributed by atoms with van der Waals surface area (Å²) in [6.07, 6.45) is 8.21. The van der Waals surface area contributed by atoms with Crippen LogP contribution in [0.2, 0.25) is 0 Å². The Morgan fingerprint density at radius 3 is 3.06 bits per heavy atom. The molecule has 0 aromatic carbocycles. The van der Waals surface area contributed by atoms with E-state index in [1.165, 1.54) is 18.5 Å². The van der Waals surface area contributed by atoms with Crippen LogP contribution >= 0.6 is 11.8 Å². The lowest BCUT2D eigenvalue weighted by Crippen LogP contribution is -2.38.